The second-order valence-corrected chi connectivity index (χ2v) is 9.43. The first-order valence-corrected chi connectivity index (χ1v) is 11.1. The Morgan fingerprint density at radius 3 is 2.70 bits per heavy atom. The van der Waals surface area contributed by atoms with Gasteiger partial charge in [-0.1, -0.05) is 13.3 Å². The van der Waals surface area contributed by atoms with Gasteiger partial charge in [0.25, 0.3) is 0 Å². The molecule has 2 bridgehead atoms. The predicted molar refractivity (Wildman–Crippen MR) is 105 cm³/mol. The van der Waals surface area contributed by atoms with E-state index >= 15 is 0 Å². The number of carbonyl (C=O) groups excluding carboxylic acids is 2. The number of amides is 2. The molecule has 0 aromatic heterocycles. The number of carbonyl (C=O) groups is 2. The highest BCUT2D eigenvalue weighted by molar-refractivity contribution is 5.82. The van der Waals surface area contributed by atoms with Crippen LogP contribution in [0.1, 0.15) is 64.7 Å². The van der Waals surface area contributed by atoms with Gasteiger partial charge in [0, 0.05) is 31.1 Å². The molecule has 6 nitrogen and oxygen atoms in total. The number of fused-ring (bicyclic) bond motifs is 4. The van der Waals surface area contributed by atoms with E-state index in [9.17, 15) is 9.59 Å². The van der Waals surface area contributed by atoms with E-state index in [2.05, 4.69) is 22.5 Å². The van der Waals surface area contributed by atoms with Crippen molar-refractivity contribution in [2.24, 2.45) is 23.5 Å². The Morgan fingerprint density at radius 2 is 2.00 bits per heavy atom. The molecule has 2 aliphatic carbocycles. The summed E-state index contributed by atoms with van der Waals surface area (Å²) < 4.78 is 0. The molecule has 6 heteroatoms. The first-order chi connectivity index (χ1) is 13.1. The Kier molecular flexibility index (Phi) is 5.74. The van der Waals surface area contributed by atoms with Crippen molar-refractivity contribution in [2.75, 3.05) is 13.1 Å². The van der Waals surface area contributed by atoms with Gasteiger partial charge in [-0.15, -0.1) is 0 Å². The Bertz CT molecular complexity index is 568. The molecule has 5 rings (SSSR count). The minimum absolute atomic E-state index is 0.0247. The minimum atomic E-state index is -0.0247. The molecular weight excluding hydrogens is 340 g/mol. The van der Waals surface area contributed by atoms with E-state index in [0.29, 0.717) is 42.8 Å². The van der Waals surface area contributed by atoms with E-state index in [1.165, 1.54) is 19.3 Å². The van der Waals surface area contributed by atoms with Gasteiger partial charge in [0.2, 0.25) is 11.8 Å². The van der Waals surface area contributed by atoms with Gasteiger partial charge >= 0.3 is 0 Å². The van der Waals surface area contributed by atoms with Gasteiger partial charge in [0.05, 0.1) is 6.04 Å². The molecule has 7 atom stereocenters. The molecule has 0 aromatic rings. The summed E-state index contributed by atoms with van der Waals surface area (Å²) in [6.45, 7) is 3.70. The van der Waals surface area contributed by atoms with Crippen molar-refractivity contribution in [3.8, 4) is 0 Å². The first kappa shape index (κ1) is 19.2. The number of piperidine rings is 2. The van der Waals surface area contributed by atoms with Crippen LogP contribution in [0.25, 0.3) is 0 Å². The van der Waals surface area contributed by atoms with Crippen LogP contribution in [-0.4, -0.2) is 54.0 Å². The SMILES string of the molecule is CC1CCCC2CC(C(=O)N[C@@H]3C[C@@H]4CC[C@H]3CN4C(=O)CCCN)NC12. The fraction of sp³-hybridized carbons (Fsp3) is 0.905. The maximum atomic E-state index is 12.9. The van der Waals surface area contributed by atoms with Crippen LogP contribution in [0.2, 0.25) is 0 Å². The third-order valence-electron chi connectivity index (χ3n) is 7.68. The maximum Gasteiger partial charge on any atom is 0.237 e. The highest BCUT2D eigenvalue weighted by Crippen LogP contribution is 2.38. The average molecular weight is 377 g/mol. The Morgan fingerprint density at radius 1 is 1.15 bits per heavy atom. The molecule has 4 unspecified atom stereocenters. The van der Waals surface area contributed by atoms with E-state index in [1.807, 2.05) is 0 Å². The normalized spacial score (nSPS) is 40.7. The zero-order valence-corrected chi connectivity index (χ0v) is 16.7. The lowest BCUT2D eigenvalue weighted by Crippen LogP contribution is -2.61. The van der Waals surface area contributed by atoms with Crippen LogP contribution in [0.4, 0.5) is 0 Å². The van der Waals surface area contributed by atoms with Gasteiger partial charge < -0.3 is 21.3 Å². The second-order valence-electron chi connectivity index (χ2n) is 9.43. The molecule has 0 aromatic carbocycles. The summed E-state index contributed by atoms with van der Waals surface area (Å²) >= 11 is 0. The summed E-state index contributed by atoms with van der Waals surface area (Å²) in [5, 5.41) is 7.00. The standard InChI is InChI=1S/C21H36N4O2/c1-13-4-2-5-14-10-18(23-20(13)14)21(27)24-17-11-16-8-7-15(17)12-25(16)19(26)6-3-9-22/h13-18,20,23H,2-12,22H2,1H3,(H,24,27)/t13?,14?,15-,16-,17+,18?,20?/m0/s1. The van der Waals surface area contributed by atoms with Crippen LogP contribution in [0.5, 0.6) is 0 Å². The quantitative estimate of drug-likeness (QED) is 0.677. The minimum Gasteiger partial charge on any atom is -0.352 e. The smallest absolute Gasteiger partial charge is 0.237 e. The van der Waals surface area contributed by atoms with Crippen LogP contribution < -0.4 is 16.4 Å². The van der Waals surface area contributed by atoms with E-state index in [-0.39, 0.29) is 23.9 Å². The van der Waals surface area contributed by atoms with Crippen molar-refractivity contribution in [3.05, 3.63) is 0 Å². The van der Waals surface area contributed by atoms with Crippen molar-refractivity contribution in [1.29, 1.82) is 0 Å². The predicted octanol–water partition coefficient (Wildman–Crippen LogP) is 1.39. The van der Waals surface area contributed by atoms with Gasteiger partial charge in [-0.3, -0.25) is 9.59 Å². The second kappa shape index (κ2) is 8.08. The number of nitrogens with one attached hydrogen (secondary N) is 2. The highest BCUT2D eigenvalue weighted by Gasteiger charge is 2.45. The topological polar surface area (TPSA) is 87.5 Å². The molecule has 152 valence electrons. The maximum absolute atomic E-state index is 12.9. The third-order valence-corrected chi connectivity index (χ3v) is 7.68. The van der Waals surface area contributed by atoms with Crippen molar-refractivity contribution >= 4 is 11.8 Å². The summed E-state index contributed by atoms with van der Waals surface area (Å²) in [6, 6.07) is 1.03. The van der Waals surface area contributed by atoms with Crippen LogP contribution in [0.15, 0.2) is 0 Å². The van der Waals surface area contributed by atoms with E-state index in [1.54, 1.807) is 0 Å². The monoisotopic (exact) mass is 376 g/mol. The zero-order chi connectivity index (χ0) is 19.0. The lowest BCUT2D eigenvalue weighted by atomic mass is 9.75. The Labute approximate surface area is 163 Å². The average Bonchev–Trinajstić information content (AvgIpc) is 3.12. The third kappa shape index (κ3) is 3.88. The fourth-order valence-electron chi connectivity index (χ4n) is 6.15. The molecule has 2 saturated carbocycles. The number of hydrogen-bond donors (Lipinski definition) is 3. The Hall–Kier alpha value is -1.14. The molecule has 3 heterocycles. The lowest BCUT2D eigenvalue weighted by molar-refractivity contribution is -0.140. The van der Waals surface area contributed by atoms with Crippen LogP contribution in [0.3, 0.4) is 0 Å². The molecule has 5 aliphatic rings. The molecule has 3 aliphatic heterocycles. The van der Waals surface area contributed by atoms with Gasteiger partial charge in [0.1, 0.15) is 0 Å². The van der Waals surface area contributed by atoms with E-state index in [0.717, 1.165) is 38.6 Å². The summed E-state index contributed by atoms with van der Waals surface area (Å²) in [5.41, 5.74) is 5.55. The zero-order valence-electron chi connectivity index (χ0n) is 16.7. The summed E-state index contributed by atoms with van der Waals surface area (Å²) in [4.78, 5) is 27.4. The van der Waals surface area contributed by atoms with Crippen molar-refractivity contribution < 1.29 is 9.59 Å². The number of nitrogens with two attached hydrogens (primary N) is 1. The first-order valence-electron chi connectivity index (χ1n) is 11.1. The van der Waals surface area contributed by atoms with Crippen molar-refractivity contribution in [3.63, 3.8) is 0 Å². The van der Waals surface area contributed by atoms with Gasteiger partial charge in [-0.05, 0) is 69.2 Å². The molecule has 0 spiro atoms. The van der Waals surface area contributed by atoms with Crippen molar-refractivity contribution in [1.82, 2.24) is 15.5 Å². The van der Waals surface area contributed by atoms with Gasteiger partial charge in [-0.25, -0.2) is 0 Å². The van der Waals surface area contributed by atoms with Crippen LogP contribution in [-0.2, 0) is 9.59 Å². The van der Waals surface area contributed by atoms with Gasteiger partial charge in [0.15, 0.2) is 0 Å². The molecular formula is C21H36N4O2. The highest BCUT2D eigenvalue weighted by atomic mass is 16.2. The molecule has 5 fully saturated rings. The van der Waals surface area contributed by atoms with E-state index in [4.69, 9.17) is 5.73 Å². The number of hydrogen-bond acceptors (Lipinski definition) is 4. The fourth-order valence-corrected chi connectivity index (χ4v) is 6.15. The summed E-state index contributed by atoms with van der Waals surface area (Å²) in [6.07, 6.45) is 9.28. The molecule has 27 heavy (non-hydrogen) atoms. The van der Waals surface area contributed by atoms with Crippen molar-refractivity contribution in [2.45, 2.75) is 88.9 Å². The summed E-state index contributed by atoms with van der Waals surface area (Å²) in [5.74, 6) is 2.19. The van der Waals surface area contributed by atoms with Crippen LogP contribution >= 0.6 is 0 Å². The Balaban J connectivity index is 1.31. The number of rotatable bonds is 5. The van der Waals surface area contributed by atoms with E-state index < -0.39 is 0 Å². The molecule has 3 saturated heterocycles. The number of nitrogens with zero attached hydrogens (tertiary/aromatic N) is 1. The largest absolute Gasteiger partial charge is 0.352 e. The molecule has 2 amide bonds. The summed E-state index contributed by atoms with van der Waals surface area (Å²) in [7, 11) is 0. The van der Waals surface area contributed by atoms with Crippen LogP contribution in [0, 0.1) is 17.8 Å². The van der Waals surface area contributed by atoms with Gasteiger partial charge in [-0.2, -0.15) is 0 Å². The molecule has 4 N–H and O–H groups in total. The lowest BCUT2D eigenvalue weighted by Gasteiger charge is -2.50. The molecule has 0 radical (unpaired) electrons.